The van der Waals surface area contributed by atoms with Crippen LogP contribution in [-0.4, -0.2) is 43.3 Å². The number of nitrogens with one attached hydrogen (secondary N) is 1. The number of hydrogen-bond acceptors (Lipinski definition) is 4. The van der Waals surface area contributed by atoms with Crippen molar-refractivity contribution in [3.8, 4) is 0 Å². The second-order valence-electron chi connectivity index (χ2n) is 5.78. The smallest absolute Gasteiger partial charge is 0.0871 e. The van der Waals surface area contributed by atoms with Crippen molar-refractivity contribution >= 4 is 11.6 Å². The minimum atomic E-state index is 0.0739. The van der Waals surface area contributed by atoms with Crippen LogP contribution in [0.25, 0.3) is 0 Å². The highest BCUT2D eigenvalue weighted by molar-refractivity contribution is 6.31. The normalized spacial score (nSPS) is 21.4. The fraction of sp³-hybridized carbons (Fsp3) is 0.625. The zero-order valence-electron chi connectivity index (χ0n) is 12.9. The maximum Gasteiger partial charge on any atom is 0.0871 e. The van der Waals surface area contributed by atoms with E-state index in [4.69, 9.17) is 22.2 Å². The van der Waals surface area contributed by atoms with Gasteiger partial charge in [0.15, 0.2) is 0 Å². The molecule has 3 N–H and O–H groups in total. The molecule has 0 saturated carbocycles. The quantitative estimate of drug-likeness (QED) is 0.624. The molecule has 0 spiro atoms. The molecule has 1 heterocycles. The summed E-state index contributed by atoms with van der Waals surface area (Å²) in [5.41, 5.74) is 5.20. The highest BCUT2D eigenvalue weighted by Gasteiger charge is 2.27. The lowest BCUT2D eigenvalue weighted by Crippen LogP contribution is -2.54. The second-order valence-corrected chi connectivity index (χ2v) is 6.19. The Morgan fingerprint density at radius 3 is 3.00 bits per heavy atom. The summed E-state index contributed by atoms with van der Waals surface area (Å²) in [5, 5.41) is 0.802. The Kier molecular flexibility index (Phi) is 6.45. The van der Waals surface area contributed by atoms with Crippen LogP contribution >= 0.6 is 11.6 Å². The molecule has 1 saturated heterocycles. The molecule has 0 amide bonds. The fourth-order valence-corrected chi connectivity index (χ4v) is 3.16. The molecule has 0 aromatic heterocycles. The summed E-state index contributed by atoms with van der Waals surface area (Å²) >= 11 is 6.33. The van der Waals surface area contributed by atoms with E-state index in [0.717, 1.165) is 49.7 Å². The van der Waals surface area contributed by atoms with E-state index >= 15 is 0 Å². The van der Waals surface area contributed by atoms with Crippen molar-refractivity contribution in [2.24, 2.45) is 5.84 Å². The molecule has 21 heavy (non-hydrogen) atoms. The lowest BCUT2D eigenvalue weighted by atomic mass is 9.99. The van der Waals surface area contributed by atoms with Crippen molar-refractivity contribution in [1.82, 2.24) is 10.3 Å². The summed E-state index contributed by atoms with van der Waals surface area (Å²) < 4.78 is 5.92. The largest absolute Gasteiger partial charge is 0.374 e. The molecule has 0 bridgehead atoms. The van der Waals surface area contributed by atoms with E-state index in [2.05, 4.69) is 29.4 Å². The second kappa shape index (κ2) is 8.11. The molecule has 5 heteroatoms. The van der Waals surface area contributed by atoms with Gasteiger partial charge in [-0.15, -0.1) is 0 Å². The van der Waals surface area contributed by atoms with Crippen LogP contribution in [0.2, 0.25) is 5.02 Å². The van der Waals surface area contributed by atoms with Crippen molar-refractivity contribution in [3.05, 3.63) is 34.3 Å². The number of halogens is 1. The average Bonchev–Trinajstić information content (AvgIpc) is 2.47. The fourth-order valence-electron chi connectivity index (χ4n) is 2.85. The van der Waals surface area contributed by atoms with Crippen molar-refractivity contribution in [2.45, 2.75) is 38.8 Å². The lowest BCUT2D eigenvalue weighted by Gasteiger charge is -2.36. The Hall–Kier alpha value is -0.650. The van der Waals surface area contributed by atoms with Crippen LogP contribution in [0.5, 0.6) is 0 Å². The number of rotatable bonds is 6. The molecule has 118 valence electrons. The molecule has 2 atom stereocenters. The number of morpholine rings is 1. The molecule has 0 aliphatic carbocycles. The van der Waals surface area contributed by atoms with Crippen molar-refractivity contribution < 1.29 is 4.74 Å². The predicted octanol–water partition coefficient (Wildman–Crippen LogP) is 2.13. The Morgan fingerprint density at radius 2 is 2.33 bits per heavy atom. The van der Waals surface area contributed by atoms with Gasteiger partial charge in [-0.05, 0) is 43.5 Å². The molecule has 1 aliphatic heterocycles. The Morgan fingerprint density at radius 1 is 1.52 bits per heavy atom. The van der Waals surface area contributed by atoms with Gasteiger partial charge >= 0.3 is 0 Å². The molecule has 1 fully saturated rings. The molecular weight excluding hydrogens is 286 g/mol. The first-order valence-corrected chi connectivity index (χ1v) is 8.07. The van der Waals surface area contributed by atoms with Crippen LogP contribution in [0.3, 0.4) is 0 Å². The van der Waals surface area contributed by atoms with Gasteiger partial charge in [-0.3, -0.25) is 16.2 Å². The Bertz CT molecular complexity index is 453. The first-order chi connectivity index (χ1) is 10.1. The number of benzene rings is 1. The van der Waals surface area contributed by atoms with Gasteiger partial charge in [-0.1, -0.05) is 30.7 Å². The molecule has 1 aromatic rings. The van der Waals surface area contributed by atoms with Crippen LogP contribution < -0.4 is 11.3 Å². The third-order valence-corrected chi connectivity index (χ3v) is 4.38. The van der Waals surface area contributed by atoms with E-state index in [1.165, 1.54) is 5.56 Å². The van der Waals surface area contributed by atoms with Crippen LogP contribution in [0, 0.1) is 6.92 Å². The maximum absolute atomic E-state index is 6.33. The zero-order chi connectivity index (χ0) is 15.2. The first-order valence-electron chi connectivity index (χ1n) is 7.69. The van der Waals surface area contributed by atoms with Gasteiger partial charge in [-0.25, -0.2) is 0 Å². The summed E-state index contributed by atoms with van der Waals surface area (Å²) in [5.74, 6) is 5.76. The standard InChI is InChI=1S/C16H26ClN3O/c1-3-6-20-7-8-21-16(11-20)15(19-18)10-13-5-4-12(2)9-14(13)17/h4-5,9,15-16,19H,3,6-8,10-11,18H2,1-2H3. The van der Waals surface area contributed by atoms with E-state index in [1.807, 2.05) is 13.0 Å². The number of aryl methyl sites for hydroxylation is 1. The van der Waals surface area contributed by atoms with E-state index < -0.39 is 0 Å². The van der Waals surface area contributed by atoms with Gasteiger partial charge in [0, 0.05) is 18.1 Å². The third-order valence-electron chi connectivity index (χ3n) is 4.03. The van der Waals surface area contributed by atoms with E-state index in [-0.39, 0.29) is 12.1 Å². The van der Waals surface area contributed by atoms with Crippen LogP contribution in [0.15, 0.2) is 18.2 Å². The van der Waals surface area contributed by atoms with Gasteiger partial charge < -0.3 is 4.74 Å². The number of nitrogens with two attached hydrogens (primary N) is 1. The Labute approximate surface area is 132 Å². The number of hydrazine groups is 1. The summed E-state index contributed by atoms with van der Waals surface area (Å²) in [6.45, 7) is 8.06. The molecule has 2 rings (SSSR count). The third kappa shape index (κ3) is 4.66. The van der Waals surface area contributed by atoms with E-state index in [9.17, 15) is 0 Å². The highest BCUT2D eigenvalue weighted by atomic mass is 35.5. The minimum Gasteiger partial charge on any atom is -0.374 e. The molecule has 1 aromatic carbocycles. The molecule has 2 unspecified atom stereocenters. The van der Waals surface area contributed by atoms with Gasteiger partial charge in [0.2, 0.25) is 0 Å². The molecule has 0 radical (unpaired) electrons. The predicted molar refractivity (Wildman–Crippen MR) is 87.5 cm³/mol. The summed E-state index contributed by atoms with van der Waals surface area (Å²) in [6.07, 6.45) is 2.05. The number of ether oxygens (including phenoxy) is 1. The van der Waals surface area contributed by atoms with Gasteiger partial charge in [0.1, 0.15) is 0 Å². The SMILES string of the molecule is CCCN1CCOC(C(Cc2ccc(C)cc2Cl)NN)C1. The summed E-state index contributed by atoms with van der Waals surface area (Å²) in [6, 6.07) is 6.23. The molecular formula is C16H26ClN3O. The number of nitrogens with zero attached hydrogens (tertiary/aromatic N) is 1. The topological polar surface area (TPSA) is 50.5 Å². The van der Waals surface area contributed by atoms with E-state index in [1.54, 1.807) is 0 Å². The maximum atomic E-state index is 6.33. The molecule has 1 aliphatic rings. The van der Waals surface area contributed by atoms with Crippen molar-refractivity contribution in [2.75, 3.05) is 26.2 Å². The minimum absolute atomic E-state index is 0.0739. The average molecular weight is 312 g/mol. The highest BCUT2D eigenvalue weighted by Crippen LogP contribution is 2.21. The van der Waals surface area contributed by atoms with E-state index in [0.29, 0.717) is 0 Å². The zero-order valence-corrected chi connectivity index (χ0v) is 13.7. The summed E-state index contributed by atoms with van der Waals surface area (Å²) in [7, 11) is 0. The van der Waals surface area contributed by atoms with Crippen LogP contribution in [0.1, 0.15) is 24.5 Å². The lowest BCUT2D eigenvalue weighted by molar-refractivity contribution is -0.0462. The summed E-state index contributed by atoms with van der Waals surface area (Å²) in [4.78, 5) is 2.44. The van der Waals surface area contributed by atoms with Crippen LogP contribution in [0.4, 0.5) is 0 Å². The monoisotopic (exact) mass is 311 g/mol. The first kappa shape index (κ1) is 16.7. The van der Waals surface area contributed by atoms with Gasteiger partial charge in [-0.2, -0.15) is 0 Å². The van der Waals surface area contributed by atoms with Crippen molar-refractivity contribution in [1.29, 1.82) is 0 Å². The number of hydrogen-bond donors (Lipinski definition) is 2. The molecule has 4 nitrogen and oxygen atoms in total. The van der Waals surface area contributed by atoms with Gasteiger partial charge in [0.25, 0.3) is 0 Å². The van der Waals surface area contributed by atoms with Gasteiger partial charge in [0.05, 0.1) is 18.8 Å². The van der Waals surface area contributed by atoms with Crippen molar-refractivity contribution in [3.63, 3.8) is 0 Å². The Balaban J connectivity index is 2.01. The van der Waals surface area contributed by atoms with Crippen LogP contribution in [-0.2, 0) is 11.2 Å².